The first-order chi connectivity index (χ1) is 5.58. The van der Waals surface area contributed by atoms with Gasteiger partial charge in [0.1, 0.15) is 0 Å². The minimum Gasteiger partial charge on any atom is -0.393 e. The fourth-order valence-electron chi connectivity index (χ4n) is 1.95. The highest BCUT2D eigenvalue weighted by Crippen LogP contribution is 2.16. The van der Waals surface area contributed by atoms with Gasteiger partial charge in [0, 0.05) is 12.1 Å². The van der Waals surface area contributed by atoms with Gasteiger partial charge >= 0.3 is 0 Å². The van der Waals surface area contributed by atoms with Crippen LogP contribution < -0.4 is 5.32 Å². The van der Waals surface area contributed by atoms with Crippen LogP contribution in [-0.4, -0.2) is 34.5 Å². The number of hydrogen-bond donors (Lipinski definition) is 3. The quantitative estimate of drug-likeness (QED) is 0.561. The summed E-state index contributed by atoms with van der Waals surface area (Å²) in [5.74, 6) is 0. The molecule has 72 valence electrons. The third kappa shape index (κ3) is 3.09. The van der Waals surface area contributed by atoms with Gasteiger partial charge in [-0.15, -0.1) is 0 Å². The first kappa shape index (κ1) is 9.96. The molecule has 0 radical (unpaired) electrons. The zero-order valence-corrected chi connectivity index (χ0v) is 7.83. The SMILES string of the molecule is CC(O)CC1CC(O)CC(C)N1. The Balaban J connectivity index is 2.34. The molecule has 4 unspecified atom stereocenters. The van der Waals surface area contributed by atoms with Crippen molar-refractivity contribution in [1.29, 1.82) is 0 Å². The molecule has 0 aromatic heterocycles. The minimum atomic E-state index is -0.278. The van der Waals surface area contributed by atoms with Crippen molar-refractivity contribution in [2.24, 2.45) is 0 Å². The summed E-state index contributed by atoms with van der Waals surface area (Å²) >= 11 is 0. The maximum Gasteiger partial charge on any atom is 0.0569 e. The molecule has 3 N–H and O–H groups in total. The highest BCUT2D eigenvalue weighted by Gasteiger charge is 2.24. The molecule has 1 rings (SSSR count). The van der Waals surface area contributed by atoms with Crippen molar-refractivity contribution in [2.75, 3.05) is 0 Å². The highest BCUT2D eigenvalue weighted by atomic mass is 16.3. The summed E-state index contributed by atoms with van der Waals surface area (Å²) < 4.78 is 0. The predicted molar refractivity (Wildman–Crippen MR) is 47.9 cm³/mol. The van der Waals surface area contributed by atoms with Crippen LogP contribution in [0.15, 0.2) is 0 Å². The molecule has 0 aromatic carbocycles. The lowest BCUT2D eigenvalue weighted by Gasteiger charge is -2.32. The van der Waals surface area contributed by atoms with E-state index in [0.29, 0.717) is 6.04 Å². The molecule has 1 heterocycles. The molecule has 1 aliphatic heterocycles. The van der Waals surface area contributed by atoms with Crippen LogP contribution >= 0.6 is 0 Å². The summed E-state index contributed by atoms with van der Waals surface area (Å²) in [5, 5.41) is 22.0. The Labute approximate surface area is 73.8 Å². The van der Waals surface area contributed by atoms with Crippen LogP contribution in [0.25, 0.3) is 0 Å². The molecule has 0 amide bonds. The van der Waals surface area contributed by atoms with Crippen molar-refractivity contribution in [3.63, 3.8) is 0 Å². The number of piperidine rings is 1. The summed E-state index contributed by atoms with van der Waals surface area (Å²) in [4.78, 5) is 0. The Hall–Kier alpha value is -0.120. The van der Waals surface area contributed by atoms with Crippen LogP contribution in [0.5, 0.6) is 0 Å². The summed E-state index contributed by atoms with van der Waals surface area (Å²) in [6.07, 6.45) is 1.87. The van der Waals surface area contributed by atoms with Crippen molar-refractivity contribution in [1.82, 2.24) is 5.32 Å². The summed E-state index contributed by atoms with van der Waals surface area (Å²) in [6.45, 7) is 3.85. The van der Waals surface area contributed by atoms with Crippen LogP contribution in [0.4, 0.5) is 0 Å². The molecule has 0 aromatic rings. The Morgan fingerprint density at radius 2 is 2.17 bits per heavy atom. The topological polar surface area (TPSA) is 52.5 Å². The molecule has 12 heavy (non-hydrogen) atoms. The first-order valence-electron chi connectivity index (χ1n) is 4.70. The van der Waals surface area contributed by atoms with Crippen molar-refractivity contribution < 1.29 is 10.2 Å². The Kier molecular flexibility index (Phi) is 3.50. The van der Waals surface area contributed by atoms with Crippen LogP contribution in [0.2, 0.25) is 0 Å². The van der Waals surface area contributed by atoms with E-state index in [-0.39, 0.29) is 18.2 Å². The fraction of sp³-hybridized carbons (Fsp3) is 1.00. The lowest BCUT2D eigenvalue weighted by Crippen LogP contribution is -2.47. The van der Waals surface area contributed by atoms with Crippen molar-refractivity contribution in [3.05, 3.63) is 0 Å². The van der Waals surface area contributed by atoms with E-state index in [4.69, 9.17) is 5.11 Å². The Bertz CT molecular complexity index is 126. The van der Waals surface area contributed by atoms with Gasteiger partial charge < -0.3 is 15.5 Å². The van der Waals surface area contributed by atoms with Gasteiger partial charge in [-0.2, -0.15) is 0 Å². The van der Waals surface area contributed by atoms with Crippen LogP contribution in [-0.2, 0) is 0 Å². The lowest BCUT2D eigenvalue weighted by atomic mass is 9.93. The maximum atomic E-state index is 9.44. The zero-order chi connectivity index (χ0) is 9.14. The third-order valence-corrected chi connectivity index (χ3v) is 2.33. The fourth-order valence-corrected chi connectivity index (χ4v) is 1.95. The number of rotatable bonds is 2. The molecule has 3 nitrogen and oxygen atoms in total. The molecule has 1 aliphatic rings. The van der Waals surface area contributed by atoms with E-state index in [1.807, 2.05) is 0 Å². The summed E-state index contributed by atoms with van der Waals surface area (Å²) in [5.41, 5.74) is 0. The van der Waals surface area contributed by atoms with Crippen molar-refractivity contribution in [3.8, 4) is 0 Å². The van der Waals surface area contributed by atoms with E-state index in [1.54, 1.807) is 6.92 Å². The molecule has 1 fully saturated rings. The van der Waals surface area contributed by atoms with E-state index < -0.39 is 0 Å². The maximum absolute atomic E-state index is 9.44. The molecule has 0 aliphatic carbocycles. The van der Waals surface area contributed by atoms with Gasteiger partial charge in [0.05, 0.1) is 12.2 Å². The number of nitrogens with one attached hydrogen (secondary N) is 1. The zero-order valence-electron chi connectivity index (χ0n) is 7.83. The molecule has 4 atom stereocenters. The van der Waals surface area contributed by atoms with E-state index in [2.05, 4.69) is 12.2 Å². The van der Waals surface area contributed by atoms with Gasteiger partial charge in [0.25, 0.3) is 0 Å². The van der Waals surface area contributed by atoms with Crippen LogP contribution in [0.3, 0.4) is 0 Å². The van der Waals surface area contributed by atoms with Crippen molar-refractivity contribution >= 4 is 0 Å². The van der Waals surface area contributed by atoms with Gasteiger partial charge in [0.2, 0.25) is 0 Å². The first-order valence-corrected chi connectivity index (χ1v) is 4.70. The second kappa shape index (κ2) is 4.21. The predicted octanol–water partition coefficient (Wildman–Crippen LogP) is 0.259. The second-order valence-corrected chi connectivity index (χ2v) is 3.97. The number of aliphatic hydroxyl groups is 2. The molecule has 0 spiro atoms. The van der Waals surface area contributed by atoms with Gasteiger partial charge in [-0.25, -0.2) is 0 Å². The largest absolute Gasteiger partial charge is 0.393 e. The number of hydrogen-bond acceptors (Lipinski definition) is 3. The van der Waals surface area contributed by atoms with E-state index >= 15 is 0 Å². The Morgan fingerprint density at radius 1 is 1.50 bits per heavy atom. The standard InChI is InChI=1S/C9H19NO2/c1-6-3-9(12)5-8(10-6)4-7(2)11/h6-12H,3-5H2,1-2H3. The highest BCUT2D eigenvalue weighted by molar-refractivity contribution is 4.83. The summed E-state index contributed by atoms with van der Waals surface area (Å²) in [6, 6.07) is 0.654. The molecule has 3 heteroatoms. The third-order valence-electron chi connectivity index (χ3n) is 2.33. The molecule has 0 saturated carbocycles. The molecule has 1 saturated heterocycles. The average Bonchev–Trinajstić information content (AvgIpc) is 1.81. The Morgan fingerprint density at radius 3 is 2.67 bits per heavy atom. The molecule has 0 bridgehead atoms. The molecular weight excluding hydrogens is 154 g/mol. The van der Waals surface area contributed by atoms with Crippen LogP contribution in [0.1, 0.15) is 33.1 Å². The van der Waals surface area contributed by atoms with Crippen molar-refractivity contribution in [2.45, 2.75) is 57.4 Å². The van der Waals surface area contributed by atoms with Gasteiger partial charge in [-0.3, -0.25) is 0 Å². The molecular formula is C9H19NO2. The normalized spacial score (nSPS) is 39.5. The van der Waals surface area contributed by atoms with E-state index in [9.17, 15) is 5.11 Å². The van der Waals surface area contributed by atoms with Gasteiger partial charge in [-0.05, 0) is 33.1 Å². The number of aliphatic hydroxyl groups excluding tert-OH is 2. The monoisotopic (exact) mass is 173 g/mol. The van der Waals surface area contributed by atoms with E-state index in [1.165, 1.54) is 0 Å². The average molecular weight is 173 g/mol. The lowest BCUT2D eigenvalue weighted by molar-refractivity contribution is 0.0776. The minimum absolute atomic E-state index is 0.190. The second-order valence-electron chi connectivity index (χ2n) is 3.97. The van der Waals surface area contributed by atoms with Gasteiger partial charge in [0.15, 0.2) is 0 Å². The smallest absolute Gasteiger partial charge is 0.0569 e. The summed E-state index contributed by atoms with van der Waals surface area (Å²) in [7, 11) is 0. The van der Waals surface area contributed by atoms with E-state index in [0.717, 1.165) is 19.3 Å². The van der Waals surface area contributed by atoms with Crippen LogP contribution in [0, 0.1) is 0 Å². The van der Waals surface area contributed by atoms with Gasteiger partial charge in [-0.1, -0.05) is 0 Å².